The highest BCUT2D eigenvalue weighted by molar-refractivity contribution is 6.05. The van der Waals surface area contributed by atoms with Crippen LogP contribution in [0.4, 0.5) is 0 Å². The quantitative estimate of drug-likeness (QED) is 0.544. The molecule has 6 rings (SSSR count). The fraction of sp³-hybridized carbons (Fsp3) is 0.333. The molecule has 7 heteroatoms. The number of hydrogen-bond donors (Lipinski definition) is 1. The van der Waals surface area contributed by atoms with Crippen molar-refractivity contribution in [3.05, 3.63) is 89.1 Å². The van der Waals surface area contributed by atoms with Crippen molar-refractivity contribution in [3.8, 4) is 11.3 Å². The summed E-state index contributed by atoms with van der Waals surface area (Å²) in [6.07, 6.45) is 4.90. The van der Waals surface area contributed by atoms with Gasteiger partial charge in [0, 0.05) is 43.4 Å². The maximum atomic E-state index is 13.0. The SMILES string of the molecule is O=C1CCC(N2Cc3cc(-c4cc(CN5CCC[C@@H](c6ccccc6)C5)ccn4)ccc3C2=O)C(=O)N1. The Morgan fingerprint density at radius 1 is 0.973 bits per heavy atom. The summed E-state index contributed by atoms with van der Waals surface area (Å²) in [5.74, 6) is -0.258. The summed E-state index contributed by atoms with van der Waals surface area (Å²) in [7, 11) is 0. The fourth-order valence-corrected chi connectivity index (χ4v) is 5.92. The first-order chi connectivity index (χ1) is 18.0. The van der Waals surface area contributed by atoms with E-state index in [2.05, 4.69) is 57.7 Å². The van der Waals surface area contributed by atoms with Crippen LogP contribution in [0.5, 0.6) is 0 Å². The molecule has 0 aliphatic carbocycles. The highest BCUT2D eigenvalue weighted by Crippen LogP contribution is 2.32. The Hall–Kier alpha value is -3.84. The second-order valence-electron chi connectivity index (χ2n) is 10.3. The first kappa shape index (κ1) is 23.6. The molecule has 2 atom stereocenters. The molecule has 3 aliphatic rings. The highest BCUT2D eigenvalue weighted by atomic mass is 16.2. The van der Waals surface area contributed by atoms with E-state index in [1.165, 1.54) is 24.0 Å². The van der Waals surface area contributed by atoms with E-state index in [1.807, 2.05) is 24.4 Å². The number of benzene rings is 2. The van der Waals surface area contributed by atoms with Crippen LogP contribution >= 0.6 is 0 Å². The van der Waals surface area contributed by atoms with Crippen molar-refractivity contribution < 1.29 is 14.4 Å². The molecule has 1 N–H and O–H groups in total. The van der Waals surface area contributed by atoms with Gasteiger partial charge in [-0.3, -0.25) is 29.6 Å². The van der Waals surface area contributed by atoms with Crippen molar-refractivity contribution in [2.75, 3.05) is 13.1 Å². The number of amides is 3. The lowest BCUT2D eigenvalue weighted by Crippen LogP contribution is -2.52. The predicted molar refractivity (Wildman–Crippen MR) is 139 cm³/mol. The van der Waals surface area contributed by atoms with Crippen LogP contribution in [-0.4, -0.2) is 51.6 Å². The van der Waals surface area contributed by atoms with E-state index in [9.17, 15) is 14.4 Å². The number of piperidine rings is 2. The highest BCUT2D eigenvalue weighted by Gasteiger charge is 2.39. The van der Waals surface area contributed by atoms with Crippen LogP contribution in [0.25, 0.3) is 11.3 Å². The number of likely N-dealkylation sites (tertiary alicyclic amines) is 1. The molecule has 7 nitrogen and oxygen atoms in total. The van der Waals surface area contributed by atoms with Gasteiger partial charge in [0.1, 0.15) is 6.04 Å². The average molecular weight is 495 g/mol. The minimum Gasteiger partial charge on any atom is -0.322 e. The van der Waals surface area contributed by atoms with E-state index in [1.54, 1.807) is 4.90 Å². The molecule has 1 unspecified atom stereocenters. The van der Waals surface area contributed by atoms with Crippen molar-refractivity contribution in [1.82, 2.24) is 20.1 Å². The van der Waals surface area contributed by atoms with Crippen LogP contribution < -0.4 is 5.32 Å². The maximum Gasteiger partial charge on any atom is 0.255 e. The molecule has 188 valence electrons. The summed E-state index contributed by atoms with van der Waals surface area (Å²) in [6.45, 7) is 3.39. The van der Waals surface area contributed by atoms with Gasteiger partial charge < -0.3 is 4.90 Å². The summed E-state index contributed by atoms with van der Waals surface area (Å²) >= 11 is 0. The molecule has 3 aliphatic heterocycles. The maximum absolute atomic E-state index is 13.0. The van der Waals surface area contributed by atoms with Gasteiger partial charge in [-0.05, 0) is 72.7 Å². The van der Waals surface area contributed by atoms with Crippen LogP contribution in [0.3, 0.4) is 0 Å². The molecule has 1 aromatic heterocycles. The normalized spacial score (nSPS) is 22.2. The summed E-state index contributed by atoms with van der Waals surface area (Å²) in [6, 6.07) is 20.2. The number of fused-ring (bicyclic) bond motifs is 1. The van der Waals surface area contributed by atoms with E-state index in [4.69, 9.17) is 0 Å². The molecule has 2 aromatic carbocycles. The van der Waals surface area contributed by atoms with Gasteiger partial charge in [-0.2, -0.15) is 0 Å². The molecule has 0 saturated carbocycles. The molecule has 0 radical (unpaired) electrons. The molecule has 3 aromatic rings. The lowest BCUT2D eigenvalue weighted by Gasteiger charge is -2.33. The van der Waals surface area contributed by atoms with Crippen LogP contribution in [0.15, 0.2) is 66.9 Å². The zero-order valence-electron chi connectivity index (χ0n) is 20.7. The van der Waals surface area contributed by atoms with E-state index in [0.29, 0.717) is 24.4 Å². The van der Waals surface area contributed by atoms with E-state index in [-0.39, 0.29) is 24.1 Å². The van der Waals surface area contributed by atoms with Crippen molar-refractivity contribution in [2.45, 2.75) is 50.7 Å². The van der Waals surface area contributed by atoms with E-state index < -0.39 is 6.04 Å². The van der Waals surface area contributed by atoms with Crippen LogP contribution in [0, 0.1) is 0 Å². The smallest absolute Gasteiger partial charge is 0.255 e. The van der Waals surface area contributed by atoms with E-state index >= 15 is 0 Å². The van der Waals surface area contributed by atoms with Gasteiger partial charge in [0.25, 0.3) is 5.91 Å². The van der Waals surface area contributed by atoms with Gasteiger partial charge >= 0.3 is 0 Å². The fourth-order valence-electron chi connectivity index (χ4n) is 5.92. The molecule has 0 bridgehead atoms. The summed E-state index contributed by atoms with van der Waals surface area (Å²) in [4.78, 5) is 45.6. The Balaban J connectivity index is 1.17. The first-order valence-corrected chi connectivity index (χ1v) is 13.1. The van der Waals surface area contributed by atoms with Crippen molar-refractivity contribution in [3.63, 3.8) is 0 Å². The average Bonchev–Trinajstić information content (AvgIpc) is 3.25. The number of hydrogen-bond acceptors (Lipinski definition) is 5. The molecular weight excluding hydrogens is 464 g/mol. The molecule has 2 fully saturated rings. The van der Waals surface area contributed by atoms with Crippen molar-refractivity contribution in [2.24, 2.45) is 0 Å². The topological polar surface area (TPSA) is 82.6 Å². The van der Waals surface area contributed by atoms with Crippen LogP contribution in [0.2, 0.25) is 0 Å². The number of nitrogens with zero attached hydrogens (tertiary/aromatic N) is 3. The van der Waals surface area contributed by atoms with Gasteiger partial charge in [-0.25, -0.2) is 0 Å². The summed E-state index contributed by atoms with van der Waals surface area (Å²) < 4.78 is 0. The Morgan fingerprint density at radius 3 is 2.68 bits per heavy atom. The van der Waals surface area contributed by atoms with Gasteiger partial charge in [-0.15, -0.1) is 0 Å². The molecule has 37 heavy (non-hydrogen) atoms. The summed E-state index contributed by atoms with van der Waals surface area (Å²) in [5.41, 5.74) is 5.98. The van der Waals surface area contributed by atoms with Gasteiger partial charge in [0.05, 0.1) is 5.69 Å². The van der Waals surface area contributed by atoms with E-state index in [0.717, 1.165) is 36.5 Å². The second-order valence-corrected chi connectivity index (χ2v) is 10.3. The Kier molecular flexibility index (Phi) is 6.30. The number of nitrogens with one attached hydrogen (secondary N) is 1. The standard InChI is InChI=1S/C30H30N4O3/c35-28-11-10-27(29(36)32-28)34-19-24-16-22(8-9-25(24)30(34)37)26-15-20(12-13-31-26)17-33-14-4-7-23(18-33)21-5-2-1-3-6-21/h1-3,5-6,8-9,12-13,15-16,23,27H,4,7,10-11,14,17-19H2,(H,32,35,36)/t23-,27?/m1/s1. The van der Waals surface area contributed by atoms with Gasteiger partial charge in [0.15, 0.2) is 0 Å². The zero-order valence-corrected chi connectivity index (χ0v) is 20.7. The Morgan fingerprint density at radius 2 is 1.84 bits per heavy atom. The monoisotopic (exact) mass is 494 g/mol. The number of carbonyl (C=O) groups is 3. The molecular formula is C30H30N4O3. The van der Waals surface area contributed by atoms with Crippen LogP contribution in [0.1, 0.15) is 58.6 Å². The minimum atomic E-state index is -0.605. The van der Waals surface area contributed by atoms with Crippen LogP contribution in [-0.2, 0) is 22.7 Å². The van der Waals surface area contributed by atoms with Gasteiger partial charge in [0.2, 0.25) is 11.8 Å². The third kappa shape index (κ3) is 4.79. The molecule has 0 spiro atoms. The molecule has 2 saturated heterocycles. The number of pyridine rings is 1. The number of imide groups is 1. The molecule has 3 amide bonds. The summed E-state index contributed by atoms with van der Waals surface area (Å²) in [5, 5.41) is 2.36. The third-order valence-electron chi connectivity index (χ3n) is 7.83. The molecule has 4 heterocycles. The Labute approximate surface area is 216 Å². The first-order valence-electron chi connectivity index (χ1n) is 13.1. The van der Waals surface area contributed by atoms with Crippen molar-refractivity contribution in [1.29, 1.82) is 0 Å². The number of carbonyl (C=O) groups excluding carboxylic acids is 3. The number of aromatic nitrogens is 1. The lowest BCUT2D eigenvalue weighted by molar-refractivity contribution is -0.136. The largest absolute Gasteiger partial charge is 0.322 e. The second kappa shape index (κ2) is 9.90. The number of rotatable bonds is 5. The lowest BCUT2D eigenvalue weighted by atomic mass is 9.90. The van der Waals surface area contributed by atoms with Gasteiger partial charge in [-0.1, -0.05) is 36.4 Å². The van der Waals surface area contributed by atoms with Crippen molar-refractivity contribution >= 4 is 17.7 Å². The predicted octanol–water partition coefficient (Wildman–Crippen LogP) is 3.89. The third-order valence-corrected chi connectivity index (χ3v) is 7.83. The Bertz CT molecular complexity index is 1360. The zero-order chi connectivity index (χ0) is 25.4. The minimum absolute atomic E-state index is 0.157.